The van der Waals surface area contributed by atoms with Crippen molar-refractivity contribution in [1.29, 1.82) is 0 Å². The van der Waals surface area contributed by atoms with Gasteiger partial charge in [-0.3, -0.25) is 0 Å². The molecule has 2 unspecified atom stereocenters. The van der Waals surface area contributed by atoms with Crippen LogP contribution in [0.2, 0.25) is 5.02 Å². The van der Waals surface area contributed by atoms with Crippen LogP contribution in [0, 0.1) is 11.7 Å². The molecule has 0 aliphatic heterocycles. The van der Waals surface area contributed by atoms with Crippen LogP contribution in [0.25, 0.3) is 0 Å². The predicted octanol–water partition coefficient (Wildman–Crippen LogP) is 3.12. The first-order valence-corrected chi connectivity index (χ1v) is 6.87. The Kier molecular flexibility index (Phi) is 4.98. The van der Waals surface area contributed by atoms with E-state index in [4.69, 9.17) is 11.6 Å². The van der Waals surface area contributed by atoms with Gasteiger partial charge in [0.15, 0.2) is 0 Å². The first-order valence-electron chi connectivity index (χ1n) is 6.49. The van der Waals surface area contributed by atoms with E-state index in [1.807, 2.05) is 6.07 Å². The number of rotatable bonds is 4. The van der Waals surface area contributed by atoms with Crippen LogP contribution in [0.4, 0.5) is 4.39 Å². The number of halogens is 2. The highest BCUT2D eigenvalue weighted by molar-refractivity contribution is 6.30. The number of hydrogen-bond donors (Lipinski definition) is 2. The summed E-state index contributed by atoms with van der Waals surface area (Å²) >= 11 is 5.63. The average molecular weight is 272 g/mol. The lowest BCUT2D eigenvalue weighted by atomic mass is 9.86. The maximum atomic E-state index is 13.2. The molecule has 2 atom stereocenters. The molecule has 1 saturated carbocycles. The minimum absolute atomic E-state index is 0.154. The van der Waals surface area contributed by atoms with E-state index in [0.717, 1.165) is 31.4 Å². The second kappa shape index (κ2) is 6.50. The molecule has 18 heavy (non-hydrogen) atoms. The van der Waals surface area contributed by atoms with Crippen LogP contribution >= 0.6 is 11.6 Å². The van der Waals surface area contributed by atoms with Gasteiger partial charge in [-0.15, -0.1) is 0 Å². The van der Waals surface area contributed by atoms with Gasteiger partial charge in [-0.1, -0.05) is 30.5 Å². The quantitative estimate of drug-likeness (QED) is 0.882. The third kappa shape index (κ3) is 3.67. The van der Waals surface area contributed by atoms with E-state index in [1.165, 1.54) is 12.5 Å². The topological polar surface area (TPSA) is 32.3 Å². The lowest BCUT2D eigenvalue weighted by Gasteiger charge is -2.27. The number of aliphatic hydroxyl groups is 1. The van der Waals surface area contributed by atoms with Gasteiger partial charge >= 0.3 is 0 Å². The summed E-state index contributed by atoms with van der Waals surface area (Å²) in [4.78, 5) is 0. The SMILES string of the molecule is OC1CCCCC1CNCc1ccc(Cl)c(F)c1. The van der Waals surface area contributed by atoms with Crippen molar-refractivity contribution in [2.24, 2.45) is 5.92 Å². The molecule has 1 fully saturated rings. The smallest absolute Gasteiger partial charge is 0.142 e. The zero-order valence-electron chi connectivity index (χ0n) is 10.3. The van der Waals surface area contributed by atoms with Crippen LogP contribution < -0.4 is 5.32 Å². The minimum Gasteiger partial charge on any atom is -0.393 e. The van der Waals surface area contributed by atoms with E-state index >= 15 is 0 Å². The maximum Gasteiger partial charge on any atom is 0.142 e. The van der Waals surface area contributed by atoms with Gasteiger partial charge in [-0.05, 0) is 36.5 Å². The van der Waals surface area contributed by atoms with Crippen LogP contribution in [0.3, 0.4) is 0 Å². The van der Waals surface area contributed by atoms with Crippen molar-refractivity contribution in [2.45, 2.75) is 38.3 Å². The van der Waals surface area contributed by atoms with E-state index in [0.29, 0.717) is 12.5 Å². The molecule has 0 saturated heterocycles. The van der Waals surface area contributed by atoms with Crippen molar-refractivity contribution in [3.63, 3.8) is 0 Å². The van der Waals surface area contributed by atoms with E-state index < -0.39 is 0 Å². The second-order valence-corrected chi connectivity index (χ2v) is 5.40. The number of hydrogen-bond acceptors (Lipinski definition) is 2. The lowest BCUT2D eigenvalue weighted by molar-refractivity contribution is 0.0695. The maximum absolute atomic E-state index is 13.2. The molecule has 2 rings (SSSR count). The molecule has 1 aliphatic carbocycles. The molecule has 1 aromatic carbocycles. The number of nitrogens with one attached hydrogen (secondary N) is 1. The third-order valence-corrected chi connectivity index (χ3v) is 3.90. The standard InChI is InChI=1S/C14H19ClFNO/c15-12-6-5-10(7-13(12)16)8-17-9-11-3-1-2-4-14(11)18/h5-7,11,14,17-18H,1-4,8-9H2. The normalized spacial score (nSPS) is 24.2. The van der Waals surface area contributed by atoms with Gasteiger partial charge < -0.3 is 10.4 Å². The molecule has 1 aliphatic rings. The van der Waals surface area contributed by atoms with Crippen molar-refractivity contribution in [3.8, 4) is 0 Å². The van der Waals surface area contributed by atoms with Gasteiger partial charge in [-0.2, -0.15) is 0 Å². The fourth-order valence-corrected chi connectivity index (χ4v) is 2.60. The van der Waals surface area contributed by atoms with Crippen LogP contribution in [0.15, 0.2) is 18.2 Å². The zero-order chi connectivity index (χ0) is 13.0. The average Bonchev–Trinajstić information content (AvgIpc) is 2.36. The number of aliphatic hydroxyl groups excluding tert-OH is 1. The van der Waals surface area contributed by atoms with Gasteiger partial charge in [0.1, 0.15) is 5.82 Å². The molecule has 0 aromatic heterocycles. The summed E-state index contributed by atoms with van der Waals surface area (Å²) < 4.78 is 13.2. The summed E-state index contributed by atoms with van der Waals surface area (Å²) in [5.41, 5.74) is 0.877. The van der Waals surface area contributed by atoms with E-state index in [-0.39, 0.29) is 16.9 Å². The molecular weight excluding hydrogens is 253 g/mol. The van der Waals surface area contributed by atoms with Gasteiger partial charge in [0.2, 0.25) is 0 Å². The first-order chi connectivity index (χ1) is 8.66. The first kappa shape index (κ1) is 13.8. The summed E-state index contributed by atoms with van der Waals surface area (Å²) in [6.07, 6.45) is 4.11. The molecule has 100 valence electrons. The highest BCUT2D eigenvalue weighted by Crippen LogP contribution is 2.23. The zero-order valence-corrected chi connectivity index (χ0v) is 11.1. The summed E-state index contributed by atoms with van der Waals surface area (Å²) in [5, 5.41) is 13.3. The van der Waals surface area contributed by atoms with Crippen LogP contribution in [-0.4, -0.2) is 17.8 Å². The molecule has 1 aromatic rings. The second-order valence-electron chi connectivity index (χ2n) is 4.99. The van der Waals surface area contributed by atoms with Gasteiger partial charge in [0.25, 0.3) is 0 Å². The highest BCUT2D eigenvalue weighted by atomic mass is 35.5. The Morgan fingerprint density at radius 2 is 2.11 bits per heavy atom. The minimum atomic E-state index is -0.381. The number of benzene rings is 1. The van der Waals surface area contributed by atoms with Gasteiger partial charge in [0, 0.05) is 13.1 Å². The van der Waals surface area contributed by atoms with Crippen molar-refractivity contribution in [1.82, 2.24) is 5.32 Å². The van der Waals surface area contributed by atoms with Crippen molar-refractivity contribution in [3.05, 3.63) is 34.6 Å². The molecule has 0 spiro atoms. The fraction of sp³-hybridized carbons (Fsp3) is 0.571. The summed E-state index contributed by atoms with van der Waals surface area (Å²) in [6.45, 7) is 1.39. The summed E-state index contributed by atoms with van der Waals surface area (Å²) in [7, 11) is 0. The molecule has 2 nitrogen and oxygen atoms in total. The predicted molar refractivity (Wildman–Crippen MR) is 71.1 cm³/mol. The van der Waals surface area contributed by atoms with Gasteiger partial charge in [0.05, 0.1) is 11.1 Å². The molecule has 0 bridgehead atoms. The fourth-order valence-electron chi connectivity index (χ4n) is 2.48. The Labute approximate surface area is 112 Å². The van der Waals surface area contributed by atoms with Crippen LogP contribution in [-0.2, 0) is 6.54 Å². The Morgan fingerprint density at radius 1 is 1.33 bits per heavy atom. The van der Waals surface area contributed by atoms with Crippen molar-refractivity contribution in [2.75, 3.05) is 6.54 Å². The van der Waals surface area contributed by atoms with E-state index in [1.54, 1.807) is 6.07 Å². The molecule has 0 heterocycles. The Balaban J connectivity index is 1.79. The van der Waals surface area contributed by atoms with Crippen LogP contribution in [0.1, 0.15) is 31.2 Å². The van der Waals surface area contributed by atoms with E-state index in [9.17, 15) is 9.50 Å². The third-order valence-electron chi connectivity index (χ3n) is 3.59. The summed E-state index contributed by atoms with van der Waals surface area (Å²) in [5.74, 6) is -0.0513. The Bertz CT molecular complexity index is 399. The summed E-state index contributed by atoms with van der Waals surface area (Å²) in [6, 6.07) is 4.84. The molecule has 0 radical (unpaired) electrons. The van der Waals surface area contributed by atoms with Crippen LogP contribution in [0.5, 0.6) is 0 Å². The Hall–Kier alpha value is -0.640. The largest absolute Gasteiger partial charge is 0.393 e. The highest BCUT2D eigenvalue weighted by Gasteiger charge is 2.22. The monoisotopic (exact) mass is 271 g/mol. The molecular formula is C14H19ClFNO. The Morgan fingerprint density at radius 3 is 2.83 bits per heavy atom. The lowest BCUT2D eigenvalue weighted by Crippen LogP contribution is -2.33. The molecule has 4 heteroatoms. The van der Waals surface area contributed by atoms with Crippen molar-refractivity contribution >= 4 is 11.6 Å². The molecule has 0 amide bonds. The van der Waals surface area contributed by atoms with Crippen molar-refractivity contribution < 1.29 is 9.50 Å². The van der Waals surface area contributed by atoms with Gasteiger partial charge in [-0.25, -0.2) is 4.39 Å². The van der Waals surface area contributed by atoms with E-state index in [2.05, 4.69) is 5.32 Å². The molecule has 2 N–H and O–H groups in total.